The number of aliphatic carboxylic acids is 1. The average Bonchev–Trinajstić information content (AvgIpc) is 1.89. The number of hydrogen-bond donors (Lipinski definition) is 2. The van der Waals surface area contributed by atoms with Crippen LogP contribution >= 0.6 is 0 Å². The van der Waals surface area contributed by atoms with Crippen LogP contribution in [0.2, 0.25) is 0 Å². The van der Waals surface area contributed by atoms with Crippen molar-refractivity contribution in [2.75, 3.05) is 7.05 Å². The molecule has 0 spiro atoms. The Bertz CT molecular complexity index is 119. The van der Waals surface area contributed by atoms with Crippen LogP contribution in [-0.4, -0.2) is 24.5 Å². The third-order valence-electron chi connectivity index (χ3n) is 0.483. The molecule has 4 heteroatoms. The van der Waals surface area contributed by atoms with Crippen molar-refractivity contribution >= 4 is 12.4 Å². The summed E-state index contributed by atoms with van der Waals surface area (Å²) in [4.78, 5) is 18.7. The highest BCUT2D eigenvalue weighted by atomic mass is 16.4. The van der Waals surface area contributed by atoms with E-state index in [9.17, 15) is 4.79 Å². The van der Waals surface area contributed by atoms with E-state index in [-0.39, 0.29) is 5.57 Å². The van der Waals surface area contributed by atoms with Crippen LogP contribution in [0, 0.1) is 0 Å². The fraction of sp³-hybridized carbons (Fsp3) is 0.333. The number of carboxylic acids is 1. The van der Waals surface area contributed by atoms with Gasteiger partial charge in [0.25, 0.3) is 0 Å². The molecule has 0 saturated carbocycles. The molecular weight excluding hydrogens is 134 g/mol. The Morgan fingerprint density at radius 1 is 1.70 bits per heavy atom. The largest absolute Gasteiger partial charge is 0.478 e. The van der Waals surface area contributed by atoms with E-state index in [1.165, 1.54) is 6.92 Å². The highest BCUT2D eigenvalue weighted by Gasteiger charge is 1.90. The number of carbonyl (C=O) groups excluding carboxylic acids is 1. The molecule has 0 aromatic carbocycles. The molecule has 1 amide bonds. The zero-order valence-corrected chi connectivity index (χ0v) is 6.05. The lowest BCUT2D eigenvalue weighted by Crippen LogP contribution is -1.98. The molecule has 0 aliphatic rings. The van der Waals surface area contributed by atoms with Crippen molar-refractivity contribution in [3.05, 3.63) is 12.2 Å². The van der Waals surface area contributed by atoms with Crippen molar-refractivity contribution in [3.63, 3.8) is 0 Å². The van der Waals surface area contributed by atoms with Crippen LogP contribution in [0.3, 0.4) is 0 Å². The van der Waals surface area contributed by atoms with Crippen molar-refractivity contribution in [3.8, 4) is 0 Å². The van der Waals surface area contributed by atoms with Crippen molar-refractivity contribution < 1.29 is 14.7 Å². The van der Waals surface area contributed by atoms with E-state index < -0.39 is 5.97 Å². The smallest absolute Gasteiger partial charge is 0.330 e. The maximum Gasteiger partial charge on any atom is 0.330 e. The first-order valence-corrected chi connectivity index (χ1v) is 2.56. The summed E-state index contributed by atoms with van der Waals surface area (Å²) in [5, 5.41) is 10.1. The van der Waals surface area contributed by atoms with Gasteiger partial charge >= 0.3 is 5.97 Å². The summed E-state index contributed by atoms with van der Waals surface area (Å²) in [5.41, 5.74) is 0.176. The fourth-order valence-electron chi connectivity index (χ4n) is 0. The number of hydrogen-bond acceptors (Lipinski definition) is 2. The summed E-state index contributed by atoms with van der Waals surface area (Å²) in [6.07, 6.45) is 0.625. The van der Waals surface area contributed by atoms with Crippen LogP contribution in [0.1, 0.15) is 6.92 Å². The van der Waals surface area contributed by atoms with Crippen molar-refractivity contribution in [1.29, 1.82) is 0 Å². The Hall–Kier alpha value is -1.32. The number of rotatable bonds is 2. The maximum atomic E-state index is 9.60. The number of carboxylic acid groups (broad SMARTS) is 1. The summed E-state index contributed by atoms with van der Waals surface area (Å²) < 4.78 is 0. The number of nitrogens with one attached hydrogen (secondary N) is 1. The van der Waals surface area contributed by atoms with E-state index in [1.54, 1.807) is 7.05 Å². The highest BCUT2D eigenvalue weighted by Crippen LogP contribution is 1.81. The zero-order valence-electron chi connectivity index (χ0n) is 6.05. The van der Waals surface area contributed by atoms with Crippen LogP contribution in [0.25, 0.3) is 0 Å². The topological polar surface area (TPSA) is 66.4 Å². The van der Waals surface area contributed by atoms with Gasteiger partial charge in [-0.2, -0.15) is 0 Å². The second kappa shape index (κ2) is 7.68. The molecule has 0 aromatic rings. The molecule has 2 N–H and O–H groups in total. The summed E-state index contributed by atoms with van der Waals surface area (Å²) in [5.74, 6) is -0.935. The van der Waals surface area contributed by atoms with E-state index in [2.05, 4.69) is 11.9 Å². The molecule has 0 atom stereocenters. The quantitative estimate of drug-likeness (QED) is 0.425. The Labute approximate surface area is 59.5 Å². The molecule has 0 aliphatic carbocycles. The molecule has 0 aliphatic heterocycles. The third-order valence-corrected chi connectivity index (χ3v) is 0.483. The van der Waals surface area contributed by atoms with E-state index in [4.69, 9.17) is 9.90 Å². The van der Waals surface area contributed by atoms with Gasteiger partial charge in [-0.05, 0) is 6.92 Å². The molecule has 0 fully saturated rings. The molecule has 0 heterocycles. The molecule has 10 heavy (non-hydrogen) atoms. The molecule has 0 saturated heterocycles. The van der Waals surface area contributed by atoms with E-state index >= 15 is 0 Å². The van der Waals surface area contributed by atoms with Gasteiger partial charge in [0.15, 0.2) is 0 Å². The van der Waals surface area contributed by atoms with Crippen LogP contribution < -0.4 is 5.32 Å². The minimum Gasteiger partial charge on any atom is -0.478 e. The zero-order chi connectivity index (χ0) is 8.57. The van der Waals surface area contributed by atoms with Crippen LogP contribution in [0.5, 0.6) is 0 Å². The summed E-state index contributed by atoms with van der Waals surface area (Å²) in [7, 11) is 1.56. The van der Waals surface area contributed by atoms with Gasteiger partial charge in [-0.15, -0.1) is 0 Å². The normalized spacial score (nSPS) is 6.60. The highest BCUT2D eigenvalue weighted by molar-refractivity contribution is 5.84. The summed E-state index contributed by atoms with van der Waals surface area (Å²) >= 11 is 0. The van der Waals surface area contributed by atoms with Gasteiger partial charge in [0.05, 0.1) is 0 Å². The third kappa shape index (κ3) is 15.9. The maximum absolute atomic E-state index is 9.60. The lowest BCUT2D eigenvalue weighted by atomic mass is 10.4. The minimum atomic E-state index is -0.935. The molecule has 0 bridgehead atoms. The second-order valence-corrected chi connectivity index (χ2v) is 1.49. The van der Waals surface area contributed by atoms with Gasteiger partial charge in [-0.3, -0.25) is 4.79 Å². The van der Waals surface area contributed by atoms with E-state index in [1.807, 2.05) is 0 Å². The first-order valence-electron chi connectivity index (χ1n) is 2.56. The molecule has 58 valence electrons. The fourth-order valence-corrected chi connectivity index (χ4v) is 0. The minimum absolute atomic E-state index is 0.176. The predicted molar refractivity (Wildman–Crippen MR) is 37.6 cm³/mol. The lowest BCUT2D eigenvalue weighted by molar-refractivity contribution is -0.132. The molecular formula is C6H11NO3. The van der Waals surface area contributed by atoms with Crippen LogP contribution in [0.4, 0.5) is 0 Å². The second-order valence-electron chi connectivity index (χ2n) is 1.49. The van der Waals surface area contributed by atoms with Gasteiger partial charge in [-0.1, -0.05) is 6.58 Å². The molecule has 0 unspecified atom stereocenters. The first kappa shape index (κ1) is 11.5. The number of carbonyl (C=O) groups is 2. The Morgan fingerprint density at radius 3 is 1.90 bits per heavy atom. The predicted octanol–water partition coefficient (Wildman–Crippen LogP) is 0.00930. The van der Waals surface area contributed by atoms with Gasteiger partial charge in [0, 0.05) is 12.6 Å². The standard InChI is InChI=1S/C4H6O2.C2H5NO/c1-3(2)4(5)6;1-3-2-4/h1H2,2H3,(H,5,6);2H,1H3,(H,3,4). The molecule has 0 radical (unpaired) electrons. The van der Waals surface area contributed by atoms with Crippen molar-refractivity contribution in [1.82, 2.24) is 5.32 Å². The molecule has 0 rings (SSSR count). The van der Waals surface area contributed by atoms with Crippen LogP contribution in [0.15, 0.2) is 12.2 Å². The van der Waals surface area contributed by atoms with E-state index in [0.717, 1.165) is 0 Å². The SMILES string of the molecule is C=C(C)C(=O)O.CNC=O. The van der Waals surface area contributed by atoms with Crippen molar-refractivity contribution in [2.45, 2.75) is 6.92 Å². The van der Waals surface area contributed by atoms with Gasteiger partial charge < -0.3 is 10.4 Å². The van der Waals surface area contributed by atoms with Crippen LogP contribution in [-0.2, 0) is 9.59 Å². The summed E-state index contributed by atoms with van der Waals surface area (Å²) in [6, 6.07) is 0. The van der Waals surface area contributed by atoms with E-state index in [0.29, 0.717) is 6.41 Å². The first-order chi connectivity index (χ1) is 4.56. The molecule has 0 aromatic heterocycles. The average molecular weight is 145 g/mol. The Balaban J connectivity index is 0. The number of amides is 1. The van der Waals surface area contributed by atoms with Crippen molar-refractivity contribution in [2.24, 2.45) is 0 Å². The Kier molecular flexibility index (Phi) is 8.81. The monoisotopic (exact) mass is 145 g/mol. The van der Waals surface area contributed by atoms with Gasteiger partial charge in [0.2, 0.25) is 6.41 Å². The van der Waals surface area contributed by atoms with Gasteiger partial charge in [-0.25, -0.2) is 4.79 Å². The van der Waals surface area contributed by atoms with Gasteiger partial charge in [0.1, 0.15) is 0 Å². The lowest BCUT2D eigenvalue weighted by Gasteiger charge is -1.79. The summed E-state index contributed by atoms with van der Waals surface area (Å²) in [6.45, 7) is 4.60. The molecule has 4 nitrogen and oxygen atoms in total. The Morgan fingerprint density at radius 2 is 1.90 bits per heavy atom.